The largest absolute Gasteiger partial charge is 0.618 e. The quantitative estimate of drug-likeness (QED) is 0.145. The number of hydrogen-bond donors (Lipinski definition) is 2. The minimum absolute atomic E-state index is 0.0729. The van der Waals surface area contributed by atoms with Gasteiger partial charge >= 0.3 is 6.09 Å². The molecule has 3 aromatic carbocycles. The van der Waals surface area contributed by atoms with Crippen LogP contribution in [-0.4, -0.2) is 19.1 Å². The number of anilines is 2. The van der Waals surface area contributed by atoms with Gasteiger partial charge in [0.2, 0.25) is 5.91 Å². The summed E-state index contributed by atoms with van der Waals surface area (Å²) in [6.07, 6.45) is 2.30. The first-order valence-corrected chi connectivity index (χ1v) is 13.8. The molecule has 10 heteroatoms. The molecule has 1 aliphatic rings. The number of nitrogens with zero attached hydrogens (tertiary/aromatic N) is 1. The van der Waals surface area contributed by atoms with Gasteiger partial charge in [-0.1, -0.05) is 55.3 Å². The molecule has 0 fully saturated rings. The molecule has 2 atom stereocenters. The predicted molar refractivity (Wildman–Crippen MR) is 157 cm³/mol. The molecule has 1 aromatic heterocycles. The first-order chi connectivity index (χ1) is 20.2. The van der Waals surface area contributed by atoms with Crippen LogP contribution >= 0.6 is 11.6 Å². The van der Waals surface area contributed by atoms with Crippen molar-refractivity contribution in [2.75, 3.05) is 17.7 Å². The van der Waals surface area contributed by atoms with Crippen molar-refractivity contribution in [1.29, 1.82) is 0 Å². The van der Waals surface area contributed by atoms with E-state index in [1.165, 1.54) is 13.2 Å². The van der Waals surface area contributed by atoms with Crippen LogP contribution in [0.4, 0.5) is 25.0 Å². The van der Waals surface area contributed by atoms with E-state index in [2.05, 4.69) is 15.4 Å². The van der Waals surface area contributed by atoms with E-state index in [-0.39, 0.29) is 33.9 Å². The molecule has 5 rings (SSSR count). The van der Waals surface area contributed by atoms with Gasteiger partial charge in [0.05, 0.1) is 34.9 Å². The van der Waals surface area contributed by atoms with Crippen molar-refractivity contribution in [2.24, 2.45) is 5.92 Å². The van der Waals surface area contributed by atoms with E-state index in [0.29, 0.717) is 41.1 Å². The Balaban J connectivity index is 1.59. The topological polar surface area (TPSA) is 94.4 Å². The third-order valence-electron chi connectivity index (χ3n) is 7.52. The molecule has 0 saturated carbocycles. The van der Waals surface area contributed by atoms with Gasteiger partial charge in [-0.2, -0.15) is 4.73 Å². The molecule has 2 bridgehead atoms. The van der Waals surface area contributed by atoms with Crippen LogP contribution in [0.15, 0.2) is 72.9 Å². The molecule has 0 spiro atoms. The normalized spacial score (nSPS) is 16.8. The highest BCUT2D eigenvalue weighted by Crippen LogP contribution is 2.37. The van der Waals surface area contributed by atoms with Gasteiger partial charge in [0.25, 0.3) is 0 Å². The fourth-order valence-electron chi connectivity index (χ4n) is 5.27. The Morgan fingerprint density at radius 1 is 1.07 bits per heavy atom. The number of amides is 2. The molecule has 42 heavy (non-hydrogen) atoms. The number of carbonyl (C=O) groups is 2. The highest BCUT2D eigenvalue weighted by atomic mass is 35.5. The number of pyridine rings is 1. The lowest BCUT2D eigenvalue weighted by atomic mass is 9.86. The lowest BCUT2D eigenvalue weighted by Crippen LogP contribution is -2.34. The molecule has 0 aliphatic carbocycles. The van der Waals surface area contributed by atoms with Gasteiger partial charge in [-0.05, 0) is 54.3 Å². The van der Waals surface area contributed by atoms with Gasteiger partial charge in [0.1, 0.15) is 5.82 Å². The molecule has 0 unspecified atom stereocenters. The summed E-state index contributed by atoms with van der Waals surface area (Å²) in [7, 11) is 1.27. The van der Waals surface area contributed by atoms with E-state index in [1.807, 2.05) is 31.2 Å². The van der Waals surface area contributed by atoms with Crippen molar-refractivity contribution in [2.45, 2.75) is 32.1 Å². The highest BCUT2D eigenvalue weighted by Gasteiger charge is 2.26. The van der Waals surface area contributed by atoms with E-state index in [9.17, 15) is 23.6 Å². The van der Waals surface area contributed by atoms with Gasteiger partial charge in [-0.3, -0.25) is 10.1 Å². The number of halogens is 3. The van der Waals surface area contributed by atoms with E-state index in [4.69, 9.17) is 11.6 Å². The summed E-state index contributed by atoms with van der Waals surface area (Å²) in [6, 6.07) is 18.1. The number of benzene rings is 3. The Hall–Kier alpha value is -4.50. The molecule has 7 nitrogen and oxygen atoms in total. The molecular weight excluding hydrogens is 564 g/mol. The monoisotopic (exact) mass is 591 g/mol. The van der Waals surface area contributed by atoms with E-state index < -0.39 is 17.7 Å². The van der Waals surface area contributed by atoms with Crippen LogP contribution in [0.25, 0.3) is 22.3 Å². The van der Waals surface area contributed by atoms with Gasteiger partial charge in [-0.25, -0.2) is 13.6 Å². The highest BCUT2D eigenvalue weighted by molar-refractivity contribution is 6.31. The molecule has 0 saturated heterocycles. The zero-order chi connectivity index (χ0) is 30.0. The number of hydrogen-bond acceptors (Lipinski definition) is 4. The van der Waals surface area contributed by atoms with Crippen LogP contribution in [0.3, 0.4) is 0 Å². The molecule has 216 valence electrons. The molecule has 0 radical (unpaired) electrons. The minimum Gasteiger partial charge on any atom is -0.618 e. The van der Waals surface area contributed by atoms with E-state index in [1.54, 1.807) is 24.3 Å². The number of rotatable bonds is 3. The number of carbonyl (C=O) groups excluding carboxylic acids is 2. The van der Waals surface area contributed by atoms with Crippen LogP contribution in [0.2, 0.25) is 5.02 Å². The minimum atomic E-state index is -0.931. The molecular formula is C32H28ClF2N3O4. The Bertz CT molecular complexity index is 1680. The second-order valence-electron chi connectivity index (χ2n) is 10.3. The van der Waals surface area contributed by atoms with E-state index >= 15 is 0 Å². The van der Waals surface area contributed by atoms with Crippen LogP contribution < -0.4 is 15.4 Å². The summed E-state index contributed by atoms with van der Waals surface area (Å²) in [5, 5.41) is 18.8. The SMILES string of the molecule is COC(=O)Nc1ccc2c(c1)NC(=O)[C@H](C)CCC[C@H](c1ccc(-c3c(F)ccc(Cl)c3F)c[n+]1[O-])c1cccc-2c1. The summed E-state index contributed by atoms with van der Waals surface area (Å²) in [5.41, 5.74) is 3.48. The Labute approximate surface area is 246 Å². The van der Waals surface area contributed by atoms with Crippen molar-refractivity contribution in [3.8, 4) is 22.3 Å². The van der Waals surface area contributed by atoms with Crippen molar-refractivity contribution >= 4 is 35.0 Å². The zero-order valence-corrected chi connectivity index (χ0v) is 23.7. The maximum atomic E-state index is 14.7. The van der Waals surface area contributed by atoms with Gasteiger partial charge in [0.15, 0.2) is 17.7 Å². The number of ether oxygens (including phenoxy) is 1. The predicted octanol–water partition coefficient (Wildman–Crippen LogP) is 7.65. The number of methoxy groups -OCH3 is 1. The smallest absolute Gasteiger partial charge is 0.411 e. The Kier molecular flexibility index (Phi) is 8.40. The number of fused-ring (bicyclic) bond motifs is 4. The third-order valence-corrected chi connectivity index (χ3v) is 7.81. The summed E-state index contributed by atoms with van der Waals surface area (Å²) < 4.78 is 34.5. The molecule has 2 heterocycles. The van der Waals surface area contributed by atoms with Crippen molar-refractivity contribution in [3.05, 3.63) is 106 Å². The Morgan fingerprint density at radius 2 is 1.88 bits per heavy atom. The Morgan fingerprint density at radius 3 is 2.64 bits per heavy atom. The average Bonchev–Trinajstić information content (AvgIpc) is 2.97. The maximum absolute atomic E-state index is 14.7. The third kappa shape index (κ3) is 5.92. The van der Waals surface area contributed by atoms with Crippen LogP contribution in [-0.2, 0) is 9.53 Å². The first kappa shape index (κ1) is 29.0. The standard InChI is InChI=1S/C32H28ClF2N3O4/c1-18-5-3-8-24(28-14-9-21(17-38(28)41)29-26(34)13-12-25(33)30(29)35)20-7-4-6-19(15-20)23-11-10-22(36-32(40)42-2)16-27(23)37-31(18)39/h4,6-7,9-18,24H,3,5,8H2,1-2H3,(H,36,40)(H,37,39)/t18-,24+/m1/s1. The molecule has 2 N–H and O–H groups in total. The average molecular weight is 592 g/mol. The second kappa shape index (κ2) is 12.2. The number of aromatic nitrogens is 1. The lowest BCUT2D eigenvalue weighted by molar-refractivity contribution is -0.614. The zero-order valence-electron chi connectivity index (χ0n) is 22.9. The van der Waals surface area contributed by atoms with Crippen molar-refractivity contribution in [3.63, 3.8) is 0 Å². The van der Waals surface area contributed by atoms with E-state index in [0.717, 1.165) is 35.0 Å². The second-order valence-corrected chi connectivity index (χ2v) is 10.7. The van der Waals surface area contributed by atoms with Gasteiger partial charge in [-0.15, -0.1) is 0 Å². The summed E-state index contributed by atoms with van der Waals surface area (Å²) in [5.74, 6) is -2.61. The first-order valence-electron chi connectivity index (χ1n) is 13.4. The molecule has 2 amide bonds. The van der Waals surface area contributed by atoms with Gasteiger partial charge < -0.3 is 15.3 Å². The van der Waals surface area contributed by atoms with Crippen LogP contribution in [0, 0.1) is 22.8 Å². The van der Waals surface area contributed by atoms with Crippen LogP contribution in [0.1, 0.15) is 43.4 Å². The summed E-state index contributed by atoms with van der Waals surface area (Å²) in [4.78, 5) is 24.9. The maximum Gasteiger partial charge on any atom is 0.411 e. The molecule has 1 aliphatic heterocycles. The fraction of sp³-hybridized carbons (Fsp3) is 0.219. The van der Waals surface area contributed by atoms with Gasteiger partial charge in [0, 0.05) is 23.2 Å². The van der Waals surface area contributed by atoms with Crippen LogP contribution in [0.5, 0.6) is 0 Å². The van der Waals surface area contributed by atoms with Crippen molar-refractivity contribution < 1.29 is 27.8 Å². The fourth-order valence-corrected chi connectivity index (χ4v) is 5.43. The summed E-state index contributed by atoms with van der Waals surface area (Å²) in [6.45, 7) is 1.84. The summed E-state index contributed by atoms with van der Waals surface area (Å²) >= 11 is 5.87. The molecule has 4 aromatic rings. The lowest BCUT2D eigenvalue weighted by Gasteiger charge is -2.22. The van der Waals surface area contributed by atoms with Crippen molar-refractivity contribution in [1.82, 2.24) is 0 Å². The number of nitrogens with one attached hydrogen (secondary N) is 2.